The molecule has 1 aliphatic heterocycles. The second-order valence-corrected chi connectivity index (χ2v) is 7.51. The first-order valence-electron chi connectivity index (χ1n) is 9.49. The van der Waals surface area contributed by atoms with E-state index in [1.165, 1.54) is 11.3 Å². The quantitative estimate of drug-likeness (QED) is 0.464. The number of hydrogen-bond donors (Lipinski definition) is 0. The maximum atomic E-state index is 12.8. The minimum absolute atomic E-state index is 0.0959. The number of amides is 1. The number of hydrogen-bond acceptors (Lipinski definition) is 6. The van der Waals surface area contributed by atoms with Crippen LogP contribution in [0, 0.1) is 0 Å². The number of allylic oxidation sites excluding steroid dienone is 1. The van der Waals surface area contributed by atoms with E-state index in [0.717, 1.165) is 10.2 Å². The van der Waals surface area contributed by atoms with Gasteiger partial charge in [-0.25, -0.2) is 4.79 Å². The zero-order chi connectivity index (χ0) is 21.1. The van der Waals surface area contributed by atoms with E-state index < -0.39 is 12.0 Å². The van der Waals surface area contributed by atoms with Crippen LogP contribution in [0.5, 0.6) is 11.5 Å². The summed E-state index contributed by atoms with van der Waals surface area (Å²) in [6, 6.07) is 12.5. The van der Waals surface area contributed by atoms with Gasteiger partial charge in [0.25, 0.3) is 5.91 Å². The molecule has 0 aliphatic carbocycles. The molecule has 2 aromatic carbocycles. The topological polar surface area (TPSA) is 79.1 Å². The number of nitrogens with zero attached hydrogens (tertiary/aromatic N) is 2. The Balaban J connectivity index is 1.69. The molecule has 1 unspecified atom stereocenters. The molecule has 8 heteroatoms. The third kappa shape index (κ3) is 3.86. The van der Waals surface area contributed by atoms with Gasteiger partial charge in [0.05, 0.1) is 22.4 Å². The van der Waals surface area contributed by atoms with Crippen LogP contribution in [0.15, 0.2) is 60.1 Å². The lowest BCUT2D eigenvalue weighted by Crippen LogP contribution is -2.36. The summed E-state index contributed by atoms with van der Waals surface area (Å²) in [4.78, 5) is 29.6. The molecule has 0 N–H and O–H groups in total. The average Bonchev–Trinajstić information content (AvgIpc) is 3.10. The molecular formula is C22H20N2O5S. The van der Waals surface area contributed by atoms with Crippen LogP contribution in [-0.2, 0) is 16.1 Å². The van der Waals surface area contributed by atoms with Crippen molar-refractivity contribution in [3.63, 3.8) is 0 Å². The number of esters is 1. The number of para-hydroxylation sites is 2. The fourth-order valence-corrected chi connectivity index (χ4v) is 4.20. The van der Waals surface area contributed by atoms with Crippen LogP contribution in [0.4, 0.5) is 0 Å². The number of thiazole rings is 1. The molecule has 0 saturated carbocycles. The van der Waals surface area contributed by atoms with Gasteiger partial charge in [0, 0.05) is 6.54 Å². The maximum absolute atomic E-state index is 12.8. The second kappa shape index (κ2) is 8.54. The van der Waals surface area contributed by atoms with Crippen molar-refractivity contribution in [3.05, 3.63) is 65.5 Å². The van der Waals surface area contributed by atoms with Gasteiger partial charge in [0.1, 0.15) is 6.61 Å². The van der Waals surface area contributed by atoms with Gasteiger partial charge in [-0.1, -0.05) is 29.5 Å². The van der Waals surface area contributed by atoms with E-state index in [1.54, 1.807) is 37.3 Å². The first kappa shape index (κ1) is 19.9. The molecule has 0 spiro atoms. The lowest BCUT2D eigenvalue weighted by molar-refractivity contribution is -0.127. The van der Waals surface area contributed by atoms with Crippen molar-refractivity contribution < 1.29 is 23.8 Å². The summed E-state index contributed by atoms with van der Waals surface area (Å²) in [5.41, 5.74) is 1.31. The van der Waals surface area contributed by atoms with Crippen molar-refractivity contribution in [2.45, 2.75) is 19.6 Å². The van der Waals surface area contributed by atoms with E-state index in [4.69, 9.17) is 14.2 Å². The van der Waals surface area contributed by atoms with Crippen molar-refractivity contribution in [3.8, 4) is 11.5 Å². The predicted molar refractivity (Wildman–Crippen MR) is 113 cm³/mol. The van der Waals surface area contributed by atoms with E-state index in [2.05, 4.69) is 11.6 Å². The molecule has 0 radical (unpaired) electrons. The number of aromatic nitrogens is 1. The summed E-state index contributed by atoms with van der Waals surface area (Å²) in [5.74, 6) is 0.312. The van der Waals surface area contributed by atoms with E-state index in [-0.39, 0.29) is 12.6 Å². The molecule has 1 aromatic heterocycles. The zero-order valence-electron chi connectivity index (χ0n) is 16.4. The van der Waals surface area contributed by atoms with Crippen molar-refractivity contribution >= 4 is 33.4 Å². The van der Waals surface area contributed by atoms with Gasteiger partial charge in [-0.15, -0.1) is 6.58 Å². The Morgan fingerprint density at radius 2 is 2.10 bits per heavy atom. The van der Waals surface area contributed by atoms with Crippen LogP contribution in [0.25, 0.3) is 10.2 Å². The van der Waals surface area contributed by atoms with Crippen LogP contribution in [0.2, 0.25) is 0 Å². The third-order valence-corrected chi connectivity index (χ3v) is 5.54. The molecule has 1 atom stereocenters. The number of fused-ring (bicyclic) bond motifs is 2. The molecule has 0 bridgehead atoms. The second-order valence-electron chi connectivity index (χ2n) is 6.50. The highest BCUT2D eigenvalue weighted by Gasteiger charge is 2.27. The Morgan fingerprint density at radius 1 is 1.30 bits per heavy atom. The lowest BCUT2D eigenvalue weighted by atomic mass is 10.2. The number of carbonyl (C=O) groups is 2. The van der Waals surface area contributed by atoms with Gasteiger partial charge >= 0.3 is 5.97 Å². The number of rotatable bonds is 5. The van der Waals surface area contributed by atoms with Crippen LogP contribution in [-0.4, -0.2) is 35.8 Å². The van der Waals surface area contributed by atoms with Crippen LogP contribution in [0.1, 0.15) is 17.3 Å². The number of carbonyl (C=O) groups excluding carboxylic acids is 2. The van der Waals surface area contributed by atoms with Crippen molar-refractivity contribution in [1.82, 2.24) is 4.57 Å². The predicted octanol–water partition coefficient (Wildman–Crippen LogP) is 3.33. The average molecular weight is 424 g/mol. The van der Waals surface area contributed by atoms with Gasteiger partial charge in [-0.05, 0) is 37.3 Å². The zero-order valence-corrected chi connectivity index (χ0v) is 17.2. The summed E-state index contributed by atoms with van der Waals surface area (Å²) in [6.45, 7) is 6.42. The Hall–Kier alpha value is -3.39. The molecule has 0 saturated heterocycles. The minimum atomic E-state index is -0.822. The molecular weight excluding hydrogens is 404 g/mol. The van der Waals surface area contributed by atoms with Crippen molar-refractivity contribution in [1.29, 1.82) is 0 Å². The lowest BCUT2D eigenvalue weighted by Gasteiger charge is -2.23. The molecule has 4 rings (SSSR count). The molecule has 30 heavy (non-hydrogen) atoms. The fraction of sp³-hybridized carbons (Fsp3) is 0.227. The Kier molecular flexibility index (Phi) is 5.67. The van der Waals surface area contributed by atoms with E-state index >= 15 is 0 Å². The Bertz CT molecular complexity index is 1190. The minimum Gasteiger partial charge on any atom is -0.485 e. The molecule has 2 heterocycles. The van der Waals surface area contributed by atoms with Gasteiger partial charge in [-0.3, -0.25) is 4.79 Å². The smallest absolute Gasteiger partial charge is 0.338 e. The van der Waals surface area contributed by atoms with Gasteiger partial charge < -0.3 is 18.8 Å². The largest absolute Gasteiger partial charge is 0.485 e. The molecule has 7 nitrogen and oxygen atoms in total. The molecule has 3 aromatic rings. The Labute approximate surface area is 176 Å². The summed E-state index contributed by atoms with van der Waals surface area (Å²) in [5, 5.41) is 0. The normalized spacial score (nSPS) is 15.8. The first-order valence-corrected chi connectivity index (χ1v) is 10.3. The summed E-state index contributed by atoms with van der Waals surface area (Å²) in [6.07, 6.45) is 0.906. The monoisotopic (exact) mass is 424 g/mol. The van der Waals surface area contributed by atoms with Crippen LogP contribution in [0.3, 0.4) is 0 Å². The molecule has 0 fully saturated rings. The first-order chi connectivity index (χ1) is 14.6. The third-order valence-electron chi connectivity index (χ3n) is 4.50. The Morgan fingerprint density at radius 3 is 2.87 bits per heavy atom. The van der Waals surface area contributed by atoms with E-state index in [1.807, 2.05) is 22.8 Å². The van der Waals surface area contributed by atoms with Crippen molar-refractivity contribution in [2.75, 3.05) is 13.2 Å². The maximum Gasteiger partial charge on any atom is 0.338 e. The molecule has 154 valence electrons. The summed E-state index contributed by atoms with van der Waals surface area (Å²) in [7, 11) is 0. The van der Waals surface area contributed by atoms with Crippen LogP contribution < -0.4 is 14.3 Å². The SMILES string of the molecule is C=CCn1c(=NC(=O)C2COc3ccccc3O2)sc2cc(C(=O)OCC)ccc21. The standard InChI is InChI=1S/C22H20N2O5S/c1-3-11-24-15-10-9-14(21(26)27-4-2)12-19(15)30-22(24)23-20(25)18-13-28-16-7-5-6-8-17(16)29-18/h3,5-10,12,18H,1,4,11,13H2,2H3. The van der Waals surface area contributed by atoms with Gasteiger partial charge in [-0.2, -0.15) is 4.99 Å². The van der Waals surface area contributed by atoms with Crippen molar-refractivity contribution in [2.24, 2.45) is 4.99 Å². The molecule has 1 amide bonds. The highest BCUT2D eigenvalue weighted by Crippen LogP contribution is 2.31. The number of ether oxygens (including phenoxy) is 3. The summed E-state index contributed by atoms with van der Waals surface area (Å²) < 4.78 is 19.1. The number of benzene rings is 2. The van der Waals surface area contributed by atoms with Gasteiger partial charge in [0.15, 0.2) is 16.3 Å². The molecule has 1 aliphatic rings. The highest BCUT2D eigenvalue weighted by molar-refractivity contribution is 7.16. The highest BCUT2D eigenvalue weighted by atomic mass is 32.1. The summed E-state index contributed by atoms with van der Waals surface area (Å²) >= 11 is 1.31. The van der Waals surface area contributed by atoms with Crippen LogP contribution >= 0.6 is 11.3 Å². The fourth-order valence-electron chi connectivity index (χ4n) is 3.11. The van der Waals surface area contributed by atoms with Gasteiger partial charge in [0.2, 0.25) is 6.10 Å². The van der Waals surface area contributed by atoms with E-state index in [9.17, 15) is 9.59 Å². The van der Waals surface area contributed by atoms with E-state index in [0.29, 0.717) is 35.0 Å².